The second-order valence-electron chi connectivity index (χ2n) is 7.30. The van der Waals surface area contributed by atoms with Crippen molar-refractivity contribution in [1.29, 1.82) is 0 Å². The van der Waals surface area contributed by atoms with Crippen molar-refractivity contribution in [3.8, 4) is 5.75 Å². The SMILES string of the molecule is OC(CN1CCC(Oc2cccc(C(F)(F)F)c2)CC1)C1CCNCC1. The Balaban J connectivity index is 1.45. The molecule has 26 heavy (non-hydrogen) atoms. The number of piperidine rings is 2. The number of aliphatic hydroxyl groups excluding tert-OH is 1. The highest BCUT2D eigenvalue weighted by Gasteiger charge is 2.31. The average molecular weight is 372 g/mol. The second-order valence-corrected chi connectivity index (χ2v) is 7.30. The first-order valence-electron chi connectivity index (χ1n) is 9.37. The minimum absolute atomic E-state index is 0.0780. The van der Waals surface area contributed by atoms with E-state index in [0.717, 1.165) is 64.0 Å². The van der Waals surface area contributed by atoms with Crippen LogP contribution in [0, 0.1) is 5.92 Å². The summed E-state index contributed by atoms with van der Waals surface area (Å²) < 4.78 is 44.1. The number of halogens is 3. The fourth-order valence-electron chi connectivity index (χ4n) is 3.79. The molecule has 3 rings (SSSR count). The van der Waals surface area contributed by atoms with Gasteiger partial charge in [0, 0.05) is 19.6 Å². The highest BCUT2D eigenvalue weighted by atomic mass is 19.4. The highest BCUT2D eigenvalue weighted by Crippen LogP contribution is 2.32. The van der Waals surface area contributed by atoms with Crippen molar-refractivity contribution in [2.75, 3.05) is 32.7 Å². The molecule has 1 aromatic rings. The van der Waals surface area contributed by atoms with Crippen LogP contribution in [0.15, 0.2) is 24.3 Å². The Hall–Kier alpha value is -1.31. The van der Waals surface area contributed by atoms with Crippen molar-refractivity contribution in [3.05, 3.63) is 29.8 Å². The zero-order valence-electron chi connectivity index (χ0n) is 14.8. The number of nitrogens with one attached hydrogen (secondary N) is 1. The standard InChI is InChI=1S/C19H27F3N2O2/c20-19(21,22)15-2-1-3-17(12-15)26-16-6-10-24(11-7-16)13-18(25)14-4-8-23-9-5-14/h1-3,12,14,16,18,23,25H,4-11,13H2. The molecule has 0 spiro atoms. The lowest BCUT2D eigenvalue weighted by Crippen LogP contribution is -2.45. The number of rotatable bonds is 5. The minimum Gasteiger partial charge on any atom is -0.490 e. The van der Waals surface area contributed by atoms with Crippen LogP contribution in [0.4, 0.5) is 13.2 Å². The predicted molar refractivity (Wildman–Crippen MR) is 93.1 cm³/mol. The van der Waals surface area contributed by atoms with E-state index in [1.807, 2.05) is 0 Å². The van der Waals surface area contributed by atoms with Gasteiger partial charge in [-0.05, 0) is 62.9 Å². The van der Waals surface area contributed by atoms with E-state index < -0.39 is 11.7 Å². The molecular formula is C19H27F3N2O2. The number of likely N-dealkylation sites (tertiary alicyclic amines) is 1. The molecule has 0 amide bonds. The van der Waals surface area contributed by atoms with E-state index in [2.05, 4.69) is 10.2 Å². The summed E-state index contributed by atoms with van der Waals surface area (Å²) in [7, 11) is 0. The molecule has 2 aliphatic heterocycles. The Kier molecular flexibility index (Phi) is 6.42. The van der Waals surface area contributed by atoms with Gasteiger partial charge in [0.2, 0.25) is 0 Å². The molecule has 0 aliphatic carbocycles. The van der Waals surface area contributed by atoms with E-state index in [9.17, 15) is 18.3 Å². The molecular weight excluding hydrogens is 345 g/mol. The third-order valence-corrected chi connectivity index (χ3v) is 5.37. The monoisotopic (exact) mass is 372 g/mol. The third-order valence-electron chi connectivity index (χ3n) is 5.37. The van der Waals surface area contributed by atoms with Crippen LogP contribution in [-0.4, -0.2) is 54.9 Å². The van der Waals surface area contributed by atoms with E-state index in [-0.39, 0.29) is 18.0 Å². The molecule has 2 fully saturated rings. The summed E-state index contributed by atoms with van der Waals surface area (Å²) >= 11 is 0. The summed E-state index contributed by atoms with van der Waals surface area (Å²) in [5.41, 5.74) is -0.683. The molecule has 2 aliphatic rings. The number of aliphatic hydroxyl groups is 1. The second kappa shape index (κ2) is 8.59. The topological polar surface area (TPSA) is 44.7 Å². The number of hydrogen-bond acceptors (Lipinski definition) is 4. The first-order chi connectivity index (χ1) is 12.4. The number of benzene rings is 1. The van der Waals surface area contributed by atoms with Crippen LogP contribution in [0.1, 0.15) is 31.2 Å². The molecule has 1 atom stereocenters. The molecule has 2 N–H and O–H groups in total. The van der Waals surface area contributed by atoms with E-state index in [4.69, 9.17) is 4.74 Å². The Labute approximate surface area is 152 Å². The fraction of sp³-hybridized carbons (Fsp3) is 0.684. The van der Waals surface area contributed by atoms with Crippen molar-refractivity contribution < 1.29 is 23.0 Å². The van der Waals surface area contributed by atoms with Crippen molar-refractivity contribution in [2.45, 2.75) is 44.1 Å². The van der Waals surface area contributed by atoms with Gasteiger partial charge in [-0.1, -0.05) is 6.07 Å². The van der Waals surface area contributed by atoms with Gasteiger partial charge in [0.05, 0.1) is 11.7 Å². The summed E-state index contributed by atoms with van der Waals surface area (Å²) in [4.78, 5) is 2.23. The van der Waals surface area contributed by atoms with Gasteiger partial charge in [-0.2, -0.15) is 13.2 Å². The molecule has 2 saturated heterocycles. The van der Waals surface area contributed by atoms with Gasteiger partial charge in [-0.25, -0.2) is 0 Å². The van der Waals surface area contributed by atoms with Gasteiger partial charge < -0.3 is 20.1 Å². The number of nitrogens with zero attached hydrogens (tertiary/aromatic N) is 1. The molecule has 0 saturated carbocycles. The molecule has 0 bridgehead atoms. The summed E-state index contributed by atoms with van der Waals surface area (Å²) in [5.74, 6) is 0.628. The smallest absolute Gasteiger partial charge is 0.416 e. The summed E-state index contributed by atoms with van der Waals surface area (Å²) in [6, 6.07) is 5.07. The van der Waals surface area contributed by atoms with Gasteiger partial charge in [0.25, 0.3) is 0 Å². The zero-order chi connectivity index (χ0) is 18.6. The first-order valence-corrected chi connectivity index (χ1v) is 9.37. The predicted octanol–water partition coefficient (Wildman–Crippen LogP) is 2.91. The lowest BCUT2D eigenvalue weighted by atomic mass is 9.91. The van der Waals surface area contributed by atoms with E-state index in [1.165, 1.54) is 6.07 Å². The summed E-state index contributed by atoms with van der Waals surface area (Å²) in [6.07, 6.45) is -1.20. The first kappa shape index (κ1) is 19.5. The van der Waals surface area contributed by atoms with E-state index in [1.54, 1.807) is 6.07 Å². The van der Waals surface area contributed by atoms with Crippen LogP contribution in [0.2, 0.25) is 0 Å². The van der Waals surface area contributed by atoms with Crippen molar-refractivity contribution >= 4 is 0 Å². The van der Waals surface area contributed by atoms with Gasteiger partial charge >= 0.3 is 6.18 Å². The third kappa shape index (κ3) is 5.34. The number of ether oxygens (including phenoxy) is 1. The van der Waals surface area contributed by atoms with Crippen LogP contribution in [0.3, 0.4) is 0 Å². The lowest BCUT2D eigenvalue weighted by Gasteiger charge is -2.36. The van der Waals surface area contributed by atoms with Gasteiger partial charge in [0.15, 0.2) is 0 Å². The number of hydrogen-bond donors (Lipinski definition) is 2. The Morgan fingerprint density at radius 2 is 1.85 bits per heavy atom. The van der Waals surface area contributed by atoms with Crippen LogP contribution in [0.25, 0.3) is 0 Å². The maximum Gasteiger partial charge on any atom is 0.416 e. The van der Waals surface area contributed by atoms with Gasteiger partial charge in [0.1, 0.15) is 11.9 Å². The normalized spacial score (nSPS) is 22.3. The molecule has 1 unspecified atom stereocenters. The van der Waals surface area contributed by atoms with E-state index >= 15 is 0 Å². The molecule has 4 nitrogen and oxygen atoms in total. The van der Waals surface area contributed by atoms with Crippen molar-refractivity contribution in [3.63, 3.8) is 0 Å². The lowest BCUT2D eigenvalue weighted by molar-refractivity contribution is -0.137. The zero-order valence-corrected chi connectivity index (χ0v) is 14.8. The van der Waals surface area contributed by atoms with Gasteiger partial charge in [-0.3, -0.25) is 0 Å². The van der Waals surface area contributed by atoms with Crippen LogP contribution in [-0.2, 0) is 6.18 Å². The largest absolute Gasteiger partial charge is 0.490 e. The quantitative estimate of drug-likeness (QED) is 0.834. The minimum atomic E-state index is -4.35. The molecule has 1 aromatic carbocycles. The number of alkyl halides is 3. The Morgan fingerprint density at radius 1 is 1.15 bits per heavy atom. The Morgan fingerprint density at radius 3 is 2.50 bits per heavy atom. The maximum atomic E-state index is 12.8. The van der Waals surface area contributed by atoms with Crippen molar-refractivity contribution in [2.24, 2.45) is 5.92 Å². The average Bonchev–Trinajstić information content (AvgIpc) is 2.63. The van der Waals surface area contributed by atoms with Crippen LogP contribution < -0.4 is 10.1 Å². The molecule has 0 radical (unpaired) electrons. The highest BCUT2D eigenvalue weighted by molar-refractivity contribution is 5.30. The number of β-amino-alcohol motifs (C(OH)–C–C–N with tert-alkyl or cyclic N) is 1. The van der Waals surface area contributed by atoms with Crippen LogP contribution >= 0.6 is 0 Å². The summed E-state index contributed by atoms with van der Waals surface area (Å²) in [5, 5.41) is 13.7. The molecule has 2 heterocycles. The van der Waals surface area contributed by atoms with Crippen molar-refractivity contribution in [1.82, 2.24) is 10.2 Å². The van der Waals surface area contributed by atoms with Gasteiger partial charge in [-0.15, -0.1) is 0 Å². The Bertz CT molecular complexity index is 568. The van der Waals surface area contributed by atoms with E-state index in [0.29, 0.717) is 12.5 Å². The van der Waals surface area contributed by atoms with Crippen LogP contribution in [0.5, 0.6) is 5.75 Å². The fourth-order valence-corrected chi connectivity index (χ4v) is 3.79. The molecule has 7 heteroatoms. The maximum absolute atomic E-state index is 12.8. The molecule has 0 aromatic heterocycles. The summed E-state index contributed by atoms with van der Waals surface area (Å²) in [6.45, 7) is 4.20. The molecule has 146 valence electrons.